The van der Waals surface area contributed by atoms with Gasteiger partial charge in [-0.2, -0.15) is 0 Å². The Morgan fingerprint density at radius 2 is 2.00 bits per heavy atom. The van der Waals surface area contributed by atoms with E-state index < -0.39 is 0 Å². The van der Waals surface area contributed by atoms with Crippen molar-refractivity contribution in [3.63, 3.8) is 0 Å². The van der Waals surface area contributed by atoms with Crippen molar-refractivity contribution in [2.24, 2.45) is 0 Å². The first-order chi connectivity index (χ1) is 7.65. The Morgan fingerprint density at radius 3 is 2.69 bits per heavy atom. The summed E-state index contributed by atoms with van der Waals surface area (Å²) in [5.74, 6) is 0. The number of nitrogens with two attached hydrogens (primary N) is 1. The maximum atomic E-state index is 5.96. The highest BCUT2D eigenvalue weighted by atomic mass is 35.5. The molecule has 0 spiro atoms. The smallest absolute Gasteiger partial charge is 0.0612 e. The summed E-state index contributed by atoms with van der Waals surface area (Å²) in [5, 5.41) is 0.740. The summed E-state index contributed by atoms with van der Waals surface area (Å²) >= 11 is 5.96. The normalized spacial score (nSPS) is 10.4. The van der Waals surface area contributed by atoms with E-state index in [9.17, 15) is 0 Å². The van der Waals surface area contributed by atoms with Gasteiger partial charge in [0.15, 0.2) is 0 Å². The van der Waals surface area contributed by atoms with Crippen molar-refractivity contribution in [2.75, 3.05) is 24.2 Å². The number of nitrogens with zero attached hydrogens (tertiary/aromatic N) is 1. The number of anilines is 2. The van der Waals surface area contributed by atoms with Crippen LogP contribution in [0.3, 0.4) is 0 Å². The first-order valence-electron chi connectivity index (χ1n) is 5.91. The van der Waals surface area contributed by atoms with E-state index in [1.807, 2.05) is 18.2 Å². The van der Waals surface area contributed by atoms with Crippen LogP contribution in [-0.2, 0) is 0 Å². The first-order valence-corrected chi connectivity index (χ1v) is 6.29. The van der Waals surface area contributed by atoms with Gasteiger partial charge in [-0.1, -0.05) is 37.8 Å². The van der Waals surface area contributed by atoms with Crippen LogP contribution >= 0.6 is 11.6 Å². The predicted octanol–water partition coefficient (Wildman–Crippen LogP) is 3.94. The molecule has 0 saturated carbocycles. The Hall–Kier alpha value is -0.890. The molecule has 0 aliphatic heterocycles. The second kappa shape index (κ2) is 6.64. The summed E-state index contributed by atoms with van der Waals surface area (Å²) in [6, 6.07) is 5.61. The van der Waals surface area contributed by atoms with Crippen LogP contribution < -0.4 is 10.6 Å². The zero-order valence-electron chi connectivity index (χ0n) is 10.2. The molecule has 0 unspecified atom stereocenters. The average Bonchev–Trinajstić information content (AvgIpc) is 2.27. The molecule has 0 aliphatic carbocycles. The zero-order valence-corrected chi connectivity index (χ0v) is 10.9. The summed E-state index contributed by atoms with van der Waals surface area (Å²) < 4.78 is 0. The summed E-state index contributed by atoms with van der Waals surface area (Å²) in [7, 11) is 2.06. The maximum Gasteiger partial charge on any atom is 0.0612 e. The third-order valence-corrected chi connectivity index (χ3v) is 2.99. The molecule has 0 heterocycles. The summed E-state index contributed by atoms with van der Waals surface area (Å²) in [6.07, 6.45) is 5.06. The molecule has 0 aromatic heterocycles. The summed E-state index contributed by atoms with van der Waals surface area (Å²) in [5.41, 5.74) is 7.75. The fourth-order valence-electron chi connectivity index (χ4n) is 1.74. The van der Waals surface area contributed by atoms with Crippen LogP contribution in [0.15, 0.2) is 18.2 Å². The highest BCUT2D eigenvalue weighted by Gasteiger charge is 2.05. The van der Waals surface area contributed by atoms with Crippen LogP contribution in [0.1, 0.15) is 32.6 Å². The Balaban J connectivity index is 2.51. The Labute approximate surface area is 103 Å². The van der Waals surface area contributed by atoms with Gasteiger partial charge in [0.1, 0.15) is 0 Å². The number of unbranched alkanes of at least 4 members (excludes halogenated alkanes) is 3. The molecule has 0 bridgehead atoms. The Bertz CT molecular complexity index is 326. The Kier molecular flexibility index (Phi) is 5.47. The summed E-state index contributed by atoms with van der Waals surface area (Å²) in [4.78, 5) is 2.18. The number of nitrogen functional groups attached to an aromatic ring is 1. The van der Waals surface area contributed by atoms with Gasteiger partial charge in [-0.25, -0.2) is 0 Å². The van der Waals surface area contributed by atoms with Gasteiger partial charge in [-0.05, 0) is 24.6 Å². The monoisotopic (exact) mass is 240 g/mol. The molecule has 0 fully saturated rings. The Morgan fingerprint density at radius 1 is 1.25 bits per heavy atom. The van der Waals surface area contributed by atoms with Gasteiger partial charge >= 0.3 is 0 Å². The van der Waals surface area contributed by atoms with Crippen molar-refractivity contribution in [3.8, 4) is 0 Å². The topological polar surface area (TPSA) is 29.3 Å². The van der Waals surface area contributed by atoms with E-state index in [0.29, 0.717) is 0 Å². The molecular weight excluding hydrogens is 220 g/mol. The van der Waals surface area contributed by atoms with Crippen LogP contribution in [0, 0.1) is 0 Å². The van der Waals surface area contributed by atoms with Gasteiger partial charge < -0.3 is 10.6 Å². The van der Waals surface area contributed by atoms with Gasteiger partial charge in [0.05, 0.1) is 11.4 Å². The molecule has 0 radical (unpaired) electrons. The molecule has 0 saturated heterocycles. The lowest BCUT2D eigenvalue weighted by Gasteiger charge is -2.21. The fourth-order valence-corrected chi connectivity index (χ4v) is 1.91. The third-order valence-electron chi connectivity index (χ3n) is 2.75. The van der Waals surface area contributed by atoms with Gasteiger partial charge in [-0.3, -0.25) is 0 Å². The predicted molar refractivity (Wildman–Crippen MR) is 73.3 cm³/mol. The van der Waals surface area contributed by atoms with Crippen molar-refractivity contribution in [2.45, 2.75) is 32.6 Å². The highest BCUT2D eigenvalue weighted by Crippen LogP contribution is 2.26. The second-order valence-corrected chi connectivity index (χ2v) is 4.62. The largest absolute Gasteiger partial charge is 0.397 e. The van der Waals surface area contributed by atoms with Crippen molar-refractivity contribution in [3.05, 3.63) is 23.2 Å². The van der Waals surface area contributed by atoms with Crippen LogP contribution in [-0.4, -0.2) is 13.6 Å². The van der Waals surface area contributed by atoms with E-state index in [4.69, 9.17) is 17.3 Å². The highest BCUT2D eigenvalue weighted by molar-refractivity contribution is 6.31. The van der Waals surface area contributed by atoms with E-state index in [-0.39, 0.29) is 0 Å². The SMILES string of the molecule is CCCCCCN(C)c1cc(Cl)ccc1N. The molecule has 2 nitrogen and oxygen atoms in total. The minimum atomic E-state index is 0.740. The quantitative estimate of drug-likeness (QED) is 0.603. The molecule has 0 atom stereocenters. The standard InChI is InChI=1S/C13H21ClN2/c1-3-4-5-6-9-16(2)13-10-11(14)7-8-12(13)15/h7-8,10H,3-6,9,15H2,1-2H3. The number of halogens is 1. The zero-order chi connectivity index (χ0) is 12.0. The summed E-state index contributed by atoms with van der Waals surface area (Å²) in [6.45, 7) is 3.25. The fraction of sp³-hybridized carbons (Fsp3) is 0.538. The van der Waals surface area contributed by atoms with Gasteiger partial charge in [0.25, 0.3) is 0 Å². The number of hydrogen-bond donors (Lipinski definition) is 1. The molecule has 3 heteroatoms. The lowest BCUT2D eigenvalue weighted by molar-refractivity contribution is 0.661. The number of rotatable bonds is 6. The van der Waals surface area contributed by atoms with Crippen molar-refractivity contribution in [1.82, 2.24) is 0 Å². The lowest BCUT2D eigenvalue weighted by atomic mass is 10.2. The third kappa shape index (κ3) is 3.93. The van der Waals surface area contributed by atoms with E-state index in [0.717, 1.165) is 22.9 Å². The van der Waals surface area contributed by atoms with E-state index >= 15 is 0 Å². The van der Waals surface area contributed by atoms with Crippen LogP contribution in [0.2, 0.25) is 5.02 Å². The molecule has 1 rings (SSSR count). The minimum absolute atomic E-state index is 0.740. The lowest BCUT2D eigenvalue weighted by Crippen LogP contribution is -2.19. The number of hydrogen-bond acceptors (Lipinski definition) is 2. The van der Waals surface area contributed by atoms with E-state index in [2.05, 4.69) is 18.9 Å². The average molecular weight is 241 g/mol. The maximum absolute atomic E-state index is 5.96. The van der Waals surface area contributed by atoms with Gasteiger partial charge in [0.2, 0.25) is 0 Å². The molecule has 1 aromatic rings. The van der Waals surface area contributed by atoms with Gasteiger partial charge in [-0.15, -0.1) is 0 Å². The molecule has 0 amide bonds. The van der Waals surface area contributed by atoms with Crippen LogP contribution in [0.4, 0.5) is 11.4 Å². The molecule has 1 aromatic carbocycles. The molecular formula is C13H21ClN2. The van der Waals surface area contributed by atoms with Gasteiger partial charge in [0, 0.05) is 18.6 Å². The van der Waals surface area contributed by atoms with Crippen LogP contribution in [0.25, 0.3) is 0 Å². The first kappa shape index (κ1) is 13.2. The van der Waals surface area contributed by atoms with E-state index in [1.54, 1.807) is 0 Å². The molecule has 90 valence electrons. The molecule has 2 N–H and O–H groups in total. The van der Waals surface area contributed by atoms with Crippen molar-refractivity contribution >= 4 is 23.0 Å². The number of benzene rings is 1. The second-order valence-electron chi connectivity index (χ2n) is 4.19. The van der Waals surface area contributed by atoms with Crippen molar-refractivity contribution in [1.29, 1.82) is 0 Å². The minimum Gasteiger partial charge on any atom is -0.397 e. The van der Waals surface area contributed by atoms with Crippen molar-refractivity contribution < 1.29 is 0 Å². The molecule has 16 heavy (non-hydrogen) atoms. The molecule has 0 aliphatic rings. The van der Waals surface area contributed by atoms with Crippen LogP contribution in [0.5, 0.6) is 0 Å². The van der Waals surface area contributed by atoms with E-state index in [1.165, 1.54) is 25.7 Å².